The number of pyridine rings is 1. The van der Waals surface area contributed by atoms with Gasteiger partial charge in [-0.05, 0) is 45.1 Å². The minimum absolute atomic E-state index is 0.0827. The van der Waals surface area contributed by atoms with E-state index in [-0.39, 0.29) is 5.91 Å². The van der Waals surface area contributed by atoms with E-state index >= 15 is 0 Å². The van der Waals surface area contributed by atoms with Crippen molar-refractivity contribution >= 4 is 11.6 Å². The van der Waals surface area contributed by atoms with E-state index in [0.29, 0.717) is 18.7 Å². The molecule has 1 saturated carbocycles. The van der Waals surface area contributed by atoms with Crippen molar-refractivity contribution in [2.45, 2.75) is 33.1 Å². The number of amides is 1. The zero-order chi connectivity index (χ0) is 15.1. The van der Waals surface area contributed by atoms with Crippen LogP contribution in [-0.2, 0) is 4.74 Å². The molecule has 2 rings (SSSR count). The van der Waals surface area contributed by atoms with Crippen LogP contribution in [0.2, 0.25) is 0 Å². The molecule has 1 aromatic rings. The van der Waals surface area contributed by atoms with E-state index in [1.165, 1.54) is 12.8 Å². The topological polar surface area (TPSA) is 63.2 Å². The van der Waals surface area contributed by atoms with Gasteiger partial charge < -0.3 is 15.4 Å². The zero-order valence-corrected chi connectivity index (χ0v) is 12.9. The van der Waals surface area contributed by atoms with E-state index in [4.69, 9.17) is 4.74 Å². The molecule has 0 aliphatic heterocycles. The number of nitrogens with one attached hydrogen (secondary N) is 2. The molecule has 1 amide bonds. The van der Waals surface area contributed by atoms with Gasteiger partial charge in [0.25, 0.3) is 5.91 Å². The molecule has 1 fully saturated rings. The number of hydrogen-bond donors (Lipinski definition) is 2. The Kier molecular flexibility index (Phi) is 5.99. The molecular weight excluding hydrogens is 266 g/mol. The summed E-state index contributed by atoms with van der Waals surface area (Å²) in [6, 6.07) is 1.90. The largest absolute Gasteiger partial charge is 0.385 e. The van der Waals surface area contributed by atoms with Crippen molar-refractivity contribution in [2.24, 2.45) is 5.92 Å². The van der Waals surface area contributed by atoms with Crippen molar-refractivity contribution in [1.29, 1.82) is 0 Å². The minimum atomic E-state index is -0.0827. The predicted molar refractivity (Wildman–Crippen MR) is 83.6 cm³/mol. The van der Waals surface area contributed by atoms with E-state index in [9.17, 15) is 4.79 Å². The lowest BCUT2D eigenvalue weighted by molar-refractivity contribution is 0.0938. The van der Waals surface area contributed by atoms with Gasteiger partial charge in [-0.2, -0.15) is 0 Å². The molecule has 0 atom stereocenters. The fourth-order valence-corrected chi connectivity index (χ4v) is 2.08. The summed E-state index contributed by atoms with van der Waals surface area (Å²) in [6.07, 6.45) is 5.09. The van der Waals surface area contributed by atoms with Crippen LogP contribution in [-0.4, -0.2) is 37.2 Å². The van der Waals surface area contributed by atoms with Crippen molar-refractivity contribution in [3.8, 4) is 0 Å². The molecule has 5 nitrogen and oxygen atoms in total. The number of aromatic nitrogens is 1. The number of nitrogens with zero attached hydrogens (tertiary/aromatic N) is 1. The maximum absolute atomic E-state index is 12.2. The van der Waals surface area contributed by atoms with E-state index in [1.807, 2.05) is 19.9 Å². The van der Waals surface area contributed by atoms with Gasteiger partial charge in [0.1, 0.15) is 0 Å². The number of ether oxygens (including phenoxy) is 1. The predicted octanol–water partition coefficient (Wildman–Crippen LogP) is 2.37. The second kappa shape index (κ2) is 7.98. The van der Waals surface area contributed by atoms with Gasteiger partial charge in [0.15, 0.2) is 0 Å². The Morgan fingerprint density at radius 2 is 2.29 bits per heavy atom. The molecular formula is C16H25N3O2. The molecule has 2 N–H and O–H groups in total. The average Bonchev–Trinajstić information content (AvgIpc) is 3.27. The highest BCUT2D eigenvalue weighted by molar-refractivity contribution is 5.99. The van der Waals surface area contributed by atoms with Crippen molar-refractivity contribution in [1.82, 2.24) is 10.3 Å². The number of anilines is 1. The highest BCUT2D eigenvalue weighted by atomic mass is 16.5. The van der Waals surface area contributed by atoms with E-state index < -0.39 is 0 Å². The second-order valence-electron chi connectivity index (χ2n) is 5.53. The first-order chi connectivity index (χ1) is 10.2. The standard InChI is InChI=1S/C16H25N3O2/c1-3-17-15-9-12(2)19-10-14(15)16(20)18-7-4-8-21-11-13-5-6-13/h9-10,13H,3-8,11H2,1-2H3,(H,17,19)(H,18,20). The molecule has 116 valence electrons. The Hall–Kier alpha value is -1.62. The lowest BCUT2D eigenvalue weighted by atomic mass is 10.2. The normalized spacial score (nSPS) is 14.0. The molecule has 0 saturated heterocycles. The lowest BCUT2D eigenvalue weighted by Gasteiger charge is -2.11. The van der Waals surface area contributed by atoms with Crippen LogP contribution < -0.4 is 10.6 Å². The molecule has 21 heavy (non-hydrogen) atoms. The lowest BCUT2D eigenvalue weighted by Crippen LogP contribution is -2.26. The molecule has 1 aromatic heterocycles. The summed E-state index contributed by atoms with van der Waals surface area (Å²) in [5.41, 5.74) is 2.34. The highest BCUT2D eigenvalue weighted by Gasteiger charge is 2.20. The van der Waals surface area contributed by atoms with E-state index in [2.05, 4.69) is 15.6 Å². The van der Waals surface area contributed by atoms with Gasteiger partial charge in [0, 0.05) is 38.2 Å². The Balaban J connectivity index is 1.73. The quantitative estimate of drug-likeness (QED) is 0.686. The Morgan fingerprint density at radius 3 is 3.00 bits per heavy atom. The summed E-state index contributed by atoms with van der Waals surface area (Å²) < 4.78 is 5.55. The molecule has 0 unspecified atom stereocenters. The van der Waals surface area contributed by atoms with Crippen molar-refractivity contribution < 1.29 is 9.53 Å². The van der Waals surface area contributed by atoms with Crippen LogP contribution in [0.1, 0.15) is 42.2 Å². The van der Waals surface area contributed by atoms with Crippen LogP contribution in [0.3, 0.4) is 0 Å². The van der Waals surface area contributed by atoms with Crippen LogP contribution in [0.5, 0.6) is 0 Å². The number of rotatable bonds is 9. The van der Waals surface area contributed by atoms with Gasteiger partial charge >= 0.3 is 0 Å². The smallest absolute Gasteiger partial charge is 0.254 e. The third-order valence-electron chi connectivity index (χ3n) is 3.45. The maximum atomic E-state index is 12.2. The maximum Gasteiger partial charge on any atom is 0.254 e. The fraction of sp³-hybridized carbons (Fsp3) is 0.625. The fourth-order valence-electron chi connectivity index (χ4n) is 2.08. The van der Waals surface area contributed by atoms with E-state index in [0.717, 1.165) is 36.9 Å². The van der Waals surface area contributed by atoms with Gasteiger partial charge in [0.2, 0.25) is 0 Å². The first-order valence-electron chi connectivity index (χ1n) is 7.77. The van der Waals surface area contributed by atoms with Crippen LogP contribution >= 0.6 is 0 Å². The summed E-state index contributed by atoms with van der Waals surface area (Å²) in [4.78, 5) is 16.4. The Morgan fingerprint density at radius 1 is 1.48 bits per heavy atom. The third-order valence-corrected chi connectivity index (χ3v) is 3.45. The monoisotopic (exact) mass is 291 g/mol. The Labute approximate surface area is 126 Å². The summed E-state index contributed by atoms with van der Waals surface area (Å²) in [5.74, 6) is 0.710. The van der Waals surface area contributed by atoms with Crippen LogP contribution in [0, 0.1) is 12.8 Å². The zero-order valence-electron chi connectivity index (χ0n) is 12.9. The third kappa shape index (κ3) is 5.34. The van der Waals surface area contributed by atoms with Crippen LogP contribution in [0.15, 0.2) is 12.3 Å². The first kappa shape index (κ1) is 15.8. The molecule has 0 bridgehead atoms. The average molecular weight is 291 g/mol. The summed E-state index contributed by atoms with van der Waals surface area (Å²) in [7, 11) is 0. The molecule has 1 aliphatic rings. The van der Waals surface area contributed by atoms with E-state index in [1.54, 1.807) is 6.20 Å². The SMILES string of the molecule is CCNc1cc(C)ncc1C(=O)NCCCOCC1CC1. The van der Waals surface area contributed by atoms with Crippen molar-refractivity contribution in [3.63, 3.8) is 0 Å². The number of carbonyl (C=O) groups is 1. The summed E-state index contributed by atoms with van der Waals surface area (Å²) in [6.45, 7) is 6.92. The second-order valence-corrected chi connectivity index (χ2v) is 5.53. The summed E-state index contributed by atoms with van der Waals surface area (Å²) >= 11 is 0. The van der Waals surface area contributed by atoms with Gasteiger partial charge in [-0.25, -0.2) is 0 Å². The molecule has 0 aromatic carbocycles. The highest BCUT2D eigenvalue weighted by Crippen LogP contribution is 2.28. The van der Waals surface area contributed by atoms with Gasteiger partial charge in [-0.15, -0.1) is 0 Å². The number of hydrogen-bond acceptors (Lipinski definition) is 4. The van der Waals surface area contributed by atoms with Gasteiger partial charge in [-0.1, -0.05) is 0 Å². The number of carbonyl (C=O) groups excluding carboxylic acids is 1. The van der Waals surface area contributed by atoms with Gasteiger partial charge in [0.05, 0.1) is 11.3 Å². The van der Waals surface area contributed by atoms with Crippen LogP contribution in [0.25, 0.3) is 0 Å². The Bertz CT molecular complexity index is 473. The molecule has 0 spiro atoms. The molecule has 0 radical (unpaired) electrons. The molecule has 1 heterocycles. The minimum Gasteiger partial charge on any atom is -0.385 e. The first-order valence-corrected chi connectivity index (χ1v) is 7.77. The molecule has 5 heteroatoms. The molecule has 1 aliphatic carbocycles. The van der Waals surface area contributed by atoms with Crippen molar-refractivity contribution in [3.05, 3.63) is 23.5 Å². The number of aryl methyl sites for hydroxylation is 1. The summed E-state index contributed by atoms with van der Waals surface area (Å²) in [5, 5.41) is 6.12. The van der Waals surface area contributed by atoms with Crippen LogP contribution in [0.4, 0.5) is 5.69 Å². The van der Waals surface area contributed by atoms with Crippen molar-refractivity contribution in [2.75, 3.05) is 31.6 Å². The van der Waals surface area contributed by atoms with Gasteiger partial charge in [-0.3, -0.25) is 9.78 Å².